The van der Waals surface area contributed by atoms with Gasteiger partial charge in [0.1, 0.15) is 11.6 Å². The van der Waals surface area contributed by atoms with Crippen LogP contribution in [0.5, 0.6) is 5.75 Å². The molecule has 2 N–H and O–H groups in total. The average molecular weight is 302 g/mol. The second-order valence-electron chi connectivity index (χ2n) is 4.45. The molecule has 0 aliphatic heterocycles. The Bertz CT molecular complexity index is 671. The van der Waals surface area contributed by atoms with Gasteiger partial charge in [-0.05, 0) is 36.4 Å². The van der Waals surface area contributed by atoms with Crippen LogP contribution in [0.4, 0.5) is 10.1 Å². The summed E-state index contributed by atoms with van der Waals surface area (Å²) in [5.74, 6) is -0.725. The van der Waals surface area contributed by atoms with Gasteiger partial charge in [0.25, 0.3) is 11.8 Å². The molecule has 2 rings (SSSR count). The van der Waals surface area contributed by atoms with Crippen LogP contribution >= 0.6 is 0 Å². The Morgan fingerprint density at radius 1 is 1.14 bits per heavy atom. The molecule has 2 aromatic rings. The maximum Gasteiger partial charge on any atom is 0.262 e. The summed E-state index contributed by atoms with van der Waals surface area (Å²) in [4.78, 5) is 23.1. The summed E-state index contributed by atoms with van der Waals surface area (Å²) < 4.78 is 18.1. The Labute approximate surface area is 127 Å². The highest BCUT2D eigenvalue weighted by Gasteiger charge is 2.06. The molecule has 0 aliphatic rings. The third-order valence-corrected chi connectivity index (χ3v) is 2.82. The molecular weight excluding hydrogens is 287 g/mol. The molecule has 0 atom stereocenters. The van der Waals surface area contributed by atoms with Crippen LogP contribution in [0.15, 0.2) is 48.5 Å². The Morgan fingerprint density at radius 3 is 2.50 bits per heavy atom. The summed E-state index contributed by atoms with van der Waals surface area (Å²) in [5.41, 5.74) is 1.04. The van der Waals surface area contributed by atoms with Crippen LogP contribution in [0.25, 0.3) is 0 Å². The lowest BCUT2D eigenvalue weighted by atomic mass is 10.2. The van der Waals surface area contributed by atoms with E-state index in [0.29, 0.717) is 11.3 Å². The molecule has 22 heavy (non-hydrogen) atoms. The second-order valence-corrected chi connectivity index (χ2v) is 4.45. The zero-order chi connectivity index (χ0) is 15.9. The van der Waals surface area contributed by atoms with Crippen LogP contribution in [0.3, 0.4) is 0 Å². The lowest BCUT2D eigenvalue weighted by molar-refractivity contribution is -0.118. The molecule has 0 radical (unpaired) electrons. The predicted molar refractivity (Wildman–Crippen MR) is 80.4 cm³/mol. The van der Waals surface area contributed by atoms with Gasteiger partial charge in [0.05, 0.1) is 0 Å². The molecule has 0 bridgehead atoms. The topological polar surface area (TPSA) is 67.4 Å². The number of hydrogen-bond donors (Lipinski definition) is 2. The number of rotatable bonds is 5. The predicted octanol–water partition coefficient (Wildman–Crippen LogP) is 2.20. The summed E-state index contributed by atoms with van der Waals surface area (Å²) in [6, 6.07) is 12.0. The first-order valence-electron chi connectivity index (χ1n) is 6.59. The first-order chi connectivity index (χ1) is 10.6. The molecule has 0 fully saturated rings. The Balaban J connectivity index is 1.88. The zero-order valence-electron chi connectivity index (χ0n) is 11.9. The molecular formula is C16H15FN2O3. The lowest BCUT2D eigenvalue weighted by Gasteiger charge is -2.08. The van der Waals surface area contributed by atoms with Crippen molar-refractivity contribution in [3.63, 3.8) is 0 Å². The second kappa shape index (κ2) is 7.21. The molecule has 114 valence electrons. The third-order valence-electron chi connectivity index (χ3n) is 2.82. The van der Waals surface area contributed by atoms with E-state index in [4.69, 9.17) is 4.74 Å². The van der Waals surface area contributed by atoms with Crippen molar-refractivity contribution in [1.82, 2.24) is 5.32 Å². The molecule has 0 aliphatic carbocycles. The number of amides is 2. The van der Waals surface area contributed by atoms with Gasteiger partial charge in [-0.25, -0.2) is 4.39 Å². The average Bonchev–Trinajstić information content (AvgIpc) is 2.53. The minimum Gasteiger partial charge on any atom is -0.484 e. The molecule has 6 heteroatoms. The van der Waals surface area contributed by atoms with Gasteiger partial charge in [0, 0.05) is 24.4 Å². The van der Waals surface area contributed by atoms with Gasteiger partial charge in [-0.1, -0.05) is 6.07 Å². The number of halogens is 1. The molecule has 0 saturated heterocycles. The standard InChI is InChI=1S/C16H15FN2O3/c1-18-16(21)11-5-7-13(8-6-11)19-15(20)10-22-14-4-2-3-12(17)9-14/h2-9H,10H2,1H3,(H,18,21)(H,19,20). The minimum absolute atomic E-state index is 0.202. The van der Waals surface area contributed by atoms with E-state index in [1.54, 1.807) is 37.4 Å². The number of carbonyl (C=O) groups excluding carboxylic acids is 2. The van der Waals surface area contributed by atoms with Crippen molar-refractivity contribution in [2.45, 2.75) is 0 Å². The Kier molecular flexibility index (Phi) is 5.08. The smallest absolute Gasteiger partial charge is 0.262 e. The van der Waals surface area contributed by atoms with Gasteiger partial charge in [-0.15, -0.1) is 0 Å². The van der Waals surface area contributed by atoms with Crippen molar-refractivity contribution in [2.24, 2.45) is 0 Å². The van der Waals surface area contributed by atoms with Crippen LogP contribution in [0, 0.1) is 5.82 Å². The normalized spacial score (nSPS) is 9.91. The van der Waals surface area contributed by atoms with E-state index in [2.05, 4.69) is 10.6 Å². The quantitative estimate of drug-likeness (QED) is 0.890. The molecule has 0 unspecified atom stereocenters. The number of ether oxygens (including phenoxy) is 1. The molecule has 0 saturated carbocycles. The highest BCUT2D eigenvalue weighted by atomic mass is 19.1. The van der Waals surface area contributed by atoms with Crippen LogP contribution in [0.2, 0.25) is 0 Å². The van der Waals surface area contributed by atoms with E-state index in [1.807, 2.05) is 0 Å². The number of nitrogens with one attached hydrogen (secondary N) is 2. The van der Waals surface area contributed by atoms with Crippen molar-refractivity contribution in [3.05, 3.63) is 59.9 Å². The van der Waals surface area contributed by atoms with Crippen molar-refractivity contribution in [1.29, 1.82) is 0 Å². The first-order valence-corrected chi connectivity index (χ1v) is 6.59. The van der Waals surface area contributed by atoms with E-state index in [0.717, 1.165) is 0 Å². The van der Waals surface area contributed by atoms with E-state index >= 15 is 0 Å². The van der Waals surface area contributed by atoms with Crippen LogP contribution in [-0.2, 0) is 4.79 Å². The first kappa shape index (κ1) is 15.5. The Hall–Kier alpha value is -2.89. The number of anilines is 1. The van der Waals surface area contributed by atoms with Gasteiger partial charge >= 0.3 is 0 Å². The van der Waals surface area contributed by atoms with E-state index in [9.17, 15) is 14.0 Å². The third kappa shape index (κ3) is 4.31. The highest BCUT2D eigenvalue weighted by Crippen LogP contribution is 2.12. The van der Waals surface area contributed by atoms with Crippen molar-refractivity contribution >= 4 is 17.5 Å². The lowest BCUT2D eigenvalue weighted by Crippen LogP contribution is -2.20. The summed E-state index contributed by atoms with van der Waals surface area (Å²) in [7, 11) is 1.54. The van der Waals surface area contributed by atoms with Crippen LogP contribution in [-0.4, -0.2) is 25.5 Å². The molecule has 0 aromatic heterocycles. The molecule has 2 amide bonds. The summed E-state index contributed by atoms with van der Waals surface area (Å²) in [6.45, 7) is -0.235. The van der Waals surface area contributed by atoms with E-state index < -0.39 is 5.82 Å². The summed E-state index contributed by atoms with van der Waals surface area (Å²) in [5, 5.41) is 5.13. The van der Waals surface area contributed by atoms with Crippen LogP contribution < -0.4 is 15.4 Å². The van der Waals surface area contributed by atoms with Gasteiger partial charge in [0.2, 0.25) is 0 Å². The number of benzene rings is 2. The van der Waals surface area contributed by atoms with Crippen molar-refractivity contribution in [2.75, 3.05) is 19.0 Å². The molecule has 0 heterocycles. The Morgan fingerprint density at radius 2 is 1.86 bits per heavy atom. The summed E-state index contributed by atoms with van der Waals surface area (Å²) in [6.07, 6.45) is 0. The fourth-order valence-corrected chi connectivity index (χ4v) is 1.75. The monoisotopic (exact) mass is 302 g/mol. The van der Waals surface area contributed by atoms with Gasteiger partial charge < -0.3 is 15.4 Å². The zero-order valence-corrected chi connectivity index (χ0v) is 11.9. The van der Waals surface area contributed by atoms with Crippen molar-refractivity contribution in [3.8, 4) is 5.75 Å². The fraction of sp³-hybridized carbons (Fsp3) is 0.125. The largest absolute Gasteiger partial charge is 0.484 e. The maximum atomic E-state index is 13.0. The van der Waals surface area contributed by atoms with E-state index in [1.165, 1.54) is 18.2 Å². The molecule has 2 aromatic carbocycles. The maximum absolute atomic E-state index is 13.0. The number of hydrogen-bond acceptors (Lipinski definition) is 3. The molecule has 5 nitrogen and oxygen atoms in total. The SMILES string of the molecule is CNC(=O)c1ccc(NC(=O)COc2cccc(F)c2)cc1. The fourth-order valence-electron chi connectivity index (χ4n) is 1.75. The van der Waals surface area contributed by atoms with Gasteiger partial charge in [-0.2, -0.15) is 0 Å². The summed E-state index contributed by atoms with van der Waals surface area (Å²) >= 11 is 0. The van der Waals surface area contributed by atoms with Crippen molar-refractivity contribution < 1.29 is 18.7 Å². The van der Waals surface area contributed by atoms with E-state index in [-0.39, 0.29) is 24.2 Å². The molecule has 0 spiro atoms. The minimum atomic E-state index is -0.428. The van der Waals surface area contributed by atoms with Gasteiger partial charge in [-0.3, -0.25) is 9.59 Å². The van der Waals surface area contributed by atoms with Crippen LogP contribution in [0.1, 0.15) is 10.4 Å². The highest BCUT2D eigenvalue weighted by molar-refractivity contribution is 5.95. The number of carbonyl (C=O) groups is 2. The van der Waals surface area contributed by atoms with Gasteiger partial charge in [0.15, 0.2) is 6.61 Å².